The molecular weight excluding hydrogens is 208 g/mol. The van der Waals surface area contributed by atoms with Crippen LogP contribution in [0.5, 0.6) is 5.75 Å². The van der Waals surface area contributed by atoms with Crippen molar-refractivity contribution >= 4 is 16.9 Å². The van der Waals surface area contributed by atoms with Gasteiger partial charge in [0.1, 0.15) is 11.3 Å². The fourth-order valence-electron chi connectivity index (χ4n) is 1.63. The maximum Gasteiger partial charge on any atom is 0.338 e. The molecule has 5 nitrogen and oxygen atoms in total. The molecular formula is C11H12N2O3. The summed E-state index contributed by atoms with van der Waals surface area (Å²) in [6.07, 6.45) is 1.60. The fourth-order valence-corrected chi connectivity index (χ4v) is 1.63. The van der Waals surface area contributed by atoms with Gasteiger partial charge in [-0.2, -0.15) is 5.10 Å². The molecule has 0 radical (unpaired) electrons. The molecule has 0 aliphatic rings. The van der Waals surface area contributed by atoms with E-state index in [1.54, 1.807) is 30.9 Å². The minimum Gasteiger partial charge on any atom is -0.506 e. The Morgan fingerprint density at radius 2 is 2.31 bits per heavy atom. The minimum atomic E-state index is -0.441. The van der Waals surface area contributed by atoms with E-state index in [9.17, 15) is 9.90 Å². The lowest BCUT2D eigenvalue weighted by Gasteiger charge is -2.04. The number of hydrogen-bond donors (Lipinski definition) is 1. The number of esters is 1. The molecule has 0 aliphatic carbocycles. The van der Waals surface area contributed by atoms with Crippen LogP contribution in [0.15, 0.2) is 18.3 Å². The van der Waals surface area contributed by atoms with Crippen LogP contribution in [0.25, 0.3) is 10.9 Å². The van der Waals surface area contributed by atoms with Gasteiger partial charge in [-0.25, -0.2) is 4.79 Å². The number of phenolic OH excluding ortho intramolecular Hbond substituents is 1. The van der Waals surface area contributed by atoms with E-state index < -0.39 is 5.97 Å². The van der Waals surface area contributed by atoms with Crippen molar-refractivity contribution in [3.8, 4) is 5.75 Å². The molecule has 5 heteroatoms. The van der Waals surface area contributed by atoms with Crippen LogP contribution in [0.2, 0.25) is 0 Å². The highest BCUT2D eigenvalue weighted by Gasteiger charge is 2.12. The number of carbonyl (C=O) groups is 1. The monoisotopic (exact) mass is 220 g/mol. The average Bonchev–Trinajstić information content (AvgIpc) is 2.61. The van der Waals surface area contributed by atoms with E-state index in [0.29, 0.717) is 23.1 Å². The number of aryl methyl sites for hydroxylation is 1. The number of carbonyl (C=O) groups excluding carboxylic acids is 1. The lowest BCUT2D eigenvalue weighted by Crippen LogP contribution is -2.04. The highest BCUT2D eigenvalue weighted by molar-refractivity contribution is 5.96. The summed E-state index contributed by atoms with van der Waals surface area (Å²) in [6.45, 7) is 2.05. The van der Waals surface area contributed by atoms with E-state index in [4.69, 9.17) is 4.74 Å². The van der Waals surface area contributed by atoms with Crippen LogP contribution in [0.4, 0.5) is 0 Å². The summed E-state index contributed by atoms with van der Waals surface area (Å²) in [4.78, 5) is 11.5. The third kappa shape index (κ3) is 1.60. The largest absolute Gasteiger partial charge is 0.506 e. The number of benzene rings is 1. The highest BCUT2D eigenvalue weighted by Crippen LogP contribution is 2.26. The van der Waals surface area contributed by atoms with Crippen LogP contribution in [-0.2, 0) is 11.8 Å². The molecule has 1 aromatic carbocycles. The predicted molar refractivity (Wildman–Crippen MR) is 58.3 cm³/mol. The first-order chi connectivity index (χ1) is 7.63. The topological polar surface area (TPSA) is 64.3 Å². The Morgan fingerprint density at radius 3 is 3.00 bits per heavy atom. The third-order valence-electron chi connectivity index (χ3n) is 2.32. The zero-order chi connectivity index (χ0) is 11.7. The Balaban J connectivity index is 2.54. The van der Waals surface area contributed by atoms with E-state index in [2.05, 4.69) is 5.10 Å². The number of aromatic nitrogens is 2. The summed E-state index contributed by atoms with van der Waals surface area (Å²) in [6, 6.07) is 3.04. The highest BCUT2D eigenvalue weighted by atomic mass is 16.5. The van der Waals surface area contributed by atoms with Crippen molar-refractivity contribution in [3.63, 3.8) is 0 Å². The first-order valence-corrected chi connectivity index (χ1v) is 4.95. The van der Waals surface area contributed by atoms with Crippen LogP contribution >= 0.6 is 0 Å². The second-order valence-electron chi connectivity index (χ2n) is 3.42. The summed E-state index contributed by atoms with van der Waals surface area (Å²) in [5.74, 6) is -0.413. The summed E-state index contributed by atoms with van der Waals surface area (Å²) >= 11 is 0. The van der Waals surface area contributed by atoms with Gasteiger partial charge in [-0.05, 0) is 19.1 Å². The molecule has 1 heterocycles. The number of fused-ring (bicyclic) bond motifs is 1. The van der Waals surface area contributed by atoms with Crippen molar-refractivity contribution in [2.75, 3.05) is 6.61 Å². The van der Waals surface area contributed by atoms with Crippen LogP contribution in [-0.4, -0.2) is 27.5 Å². The Bertz CT molecular complexity index is 545. The molecule has 0 amide bonds. The van der Waals surface area contributed by atoms with Crippen LogP contribution < -0.4 is 0 Å². The number of aromatic hydroxyl groups is 1. The van der Waals surface area contributed by atoms with Gasteiger partial charge < -0.3 is 9.84 Å². The van der Waals surface area contributed by atoms with Crippen molar-refractivity contribution < 1.29 is 14.6 Å². The number of phenols is 1. The number of nitrogens with zero attached hydrogens (tertiary/aromatic N) is 2. The molecule has 2 rings (SSSR count). The zero-order valence-electron chi connectivity index (χ0n) is 9.10. The van der Waals surface area contributed by atoms with Gasteiger partial charge in [0.2, 0.25) is 0 Å². The molecule has 0 saturated heterocycles. The first-order valence-electron chi connectivity index (χ1n) is 4.95. The maximum atomic E-state index is 11.5. The molecule has 0 atom stereocenters. The van der Waals surface area contributed by atoms with E-state index in [-0.39, 0.29) is 5.75 Å². The summed E-state index contributed by atoms with van der Waals surface area (Å²) < 4.78 is 6.42. The lowest BCUT2D eigenvalue weighted by molar-refractivity contribution is 0.0526. The van der Waals surface area contributed by atoms with Gasteiger partial charge in [0, 0.05) is 12.4 Å². The van der Waals surface area contributed by atoms with E-state index in [1.807, 2.05) is 0 Å². The second kappa shape index (κ2) is 3.84. The smallest absolute Gasteiger partial charge is 0.338 e. The normalized spacial score (nSPS) is 10.6. The molecule has 0 aliphatic heterocycles. The quantitative estimate of drug-likeness (QED) is 0.778. The molecule has 0 unspecified atom stereocenters. The van der Waals surface area contributed by atoms with Crippen molar-refractivity contribution in [1.82, 2.24) is 9.78 Å². The van der Waals surface area contributed by atoms with Gasteiger partial charge in [-0.1, -0.05) is 0 Å². The van der Waals surface area contributed by atoms with Gasteiger partial charge in [0.15, 0.2) is 0 Å². The van der Waals surface area contributed by atoms with Gasteiger partial charge in [0.25, 0.3) is 0 Å². The Hall–Kier alpha value is -2.04. The van der Waals surface area contributed by atoms with Gasteiger partial charge in [-0.15, -0.1) is 0 Å². The number of ether oxygens (including phenoxy) is 1. The van der Waals surface area contributed by atoms with E-state index in [1.165, 1.54) is 6.07 Å². The predicted octanol–water partition coefficient (Wildman–Crippen LogP) is 1.46. The zero-order valence-corrected chi connectivity index (χ0v) is 9.10. The molecule has 0 spiro atoms. The van der Waals surface area contributed by atoms with E-state index >= 15 is 0 Å². The first kappa shape index (κ1) is 10.5. The van der Waals surface area contributed by atoms with Gasteiger partial charge >= 0.3 is 5.97 Å². The number of rotatable bonds is 2. The molecule has 1 aromatic heterocycles. The standard InChI is InChI=1S/C11H12N2O3/c1-3-16-11(15)7-4-8-6-12-13(2)10(8)9(14)5-7/h4-6,14H,3H2,1-2H3. The second-order valence-corrected chi connectivity index (χ2v) is 3.42. The Labute approximate surface area is 92.2 Å². The third-order valence-corrected chi connectivity index (χ3v) is 2.32. The average molecular weight is 220 g/mol. The molecule has 1 N–H and O–H groups in total. The van der Waals surface area contributed by atoms with Crippen molar-refractivity contribution in [2.45, 2.75) is 6.92 Å². The fraction of sp³-hybridized carbons (Fsp3) is 0.273. The van der Waals surface area contributed by atoms with Crippen molar-refractivity contribution in [1.29, 1.82) is 0 Å². The summed E-state index contributed by atoms with van der Waals surface area (Å²) in [5.41, 5.74) is 0.938. The summed E-state index contributed by atoms with van der Waals surface area (Å²) in [7, 11) is 1.73. The molecule has 0 fully saturated rings. The molecule has 2 aromatic rings. The van der Waals surface area contributed by atoms with Crippen LogP contribution in [0.1, 0.15) is 17.3 Å². The lowest BCUT2D eigenvalue weighted by atomic mass is 10.1. The molecule has 16 heavy (non-hydrogen) atoms. The molecule has 0 bridgehead atoms. The van der Waals surface area contributed by atoms with Gasteiger partial charge in [0.05, 0.1) is 18.4 Å². The summed E-state index contributed by atoms with van der Waals surface area (Å²) in [5, 5.41) is 14.5. The Kier molecular flexibility index (Phi) is 2.52. The minimum absolute atomic E-state index is 0.0283. The van der Waals surface area contributed by atoms with Crippen molar-refractivity contribution in [3.05, 3.63) is 23.9 Å². The molecule has 84 valence electrons. The van der Waals surface area contributed by atoms with Gasteiger partial charge in [-0.3, -0.25) is 4.68 Å². The van der Waals surface area contributed by atoms with Crippen LogP contribution in [0, 0.1) is 0 Å². The van der Waals surface area contributed by atoms with Crippen LogP contribution in [0.3, 0.4) is 0 Å². The van der Waals surface area contributed by atoms with E-state index in [0.717, 1.165) is 0 Å². The molecule has 0 saturated carbocycles. The maximum absolute atomic E-state index is 11.5. The Morgan fingerprint density at radius 1 is 1.56 bits per heavy atom. The number of hydrogen-bond acceptors (Lipinski definition) is 4. The SMILES string of the molecule is CCOC(=O)c1cc(O)c2c(cnn2C)c1. The van der Waals surface area contributed by atoms with Crippen molar-refractivity contribution in [2.24, 2.45) is 7.05 Å².